The van der Waals surface area contributed by atoms with Crippen LogP contribution in [-0.2, 0) is 6.54 Å². The zero-order chi connectivity index (χ0) is 12.4. The first-order valence-electron chi connectivity index (χ1n) is 5.63. The molecule has 2 aromatic rings. The van der Waals surface area contributed by atoms with Crippen LogP contribution in [0.15, 0.2) is 23.4 Å². The zero-order valence-corrected chi connectivity index (χ0v) is 10.8. The molecule has 0 aromatic carbocycles. The third-order valence-electron chi connectivity index (χ3n) is 2.97. The van der Waals surface area contributed by atoms with E-state index in [9.17, 15) is 4.79 Å². The molecule has 17 heavy (non-hydrogen) atoms. The predicted octanol–water partition coefficient (Wildman–Crippen LogP) is 1.09. The lowest BCUT2D eigenvalue weighted by Crippen LogP contribution is -2.27. The fourth-order valence-corrected chi connectivity index (χ4v) is 2.24. The van der Waals surface area contributed by atoms with Gasteiger partial charge in [-0.25, -0.2) is 13.9 Å². The van der Waals surface area contributed by atoms with Crippen molar-refractivity contribution in [1.82, 2.24) is 19.2 Å². The molecule has 92 valence electrons. The van der Waals surface area contributed by atoms with Gasteiger partial charge in [0.25, 0.3) is 0 Å². The van der Waals surface area contributed by atoms with Gasteiger partial charge in [0.1, 0.15) is 0 Å². The summed E-state index contributed by atoms with van der Waals surface area (Å²) >= 11 is 4.32. The van der Waals surface area contributed by atoms with E-state index in [1.807, 2.05) is 0 Å². The summed E-state index contributed by atoms with van der Waals surface area (Å²) in [5.41, 5.74) is 0.467. The van der Waals surface area contributed by atoms with E-state index < -0.39 is 0 Å². The van der Waals surface area contributed by atoms with Gasteiger partial charge in [-0.15, -0.1) is 5.10 Å². The Morgan fingerprint density at radius 1 is 1.47 bits per heavy atom. The van der Waals surface area contributed by atoms with Gasteiger partial charge in [-0.2, -0.15) is 12.6 Å². The zero-order valence-electron chi connectivity index (χ0n) is 9.95. The Kier molecular flexibility index (Phi) is 3.51. The Morgan fingerprint density at radius 3 is 2.82 bits per heavy atom. The van der Waals surface area contributed by atoms with Gasteiger partial charge in [-0.3, -0.25) is 4.98 Å². The van der Waals surface area contributed by atoms with E-state index in [1.165, 1.54) is 9.08 Å². The van der Waals surface area contributed by atoms with Gasteiger partial charge in [0, 0.05) is 12.4 Å². The predicted molar refractivity (Wildman–Crippen MR) is 69.4 cm³/mol. The summed E-state index contributed by atoms with van der Waals surface area (Å²) in [6, 6.07) is 0. The summed E-state index contributed by atoms with van der Waals surface area (Å²) in [6.07, 6.45) is 4.80. The minimum Gasteiger partial charge on any atom is -0.259 e. The Labute approximate surface area is 105 Å². The molecule has 5 nitrogen and oxygen atoms in total. The smallest absolute Gasteiger partial charge is 0.259 e. The second kappa shape index (κ2) is 4.91. The van der Waals surface area contributed by atoms with Gasteiger partial charge in [0.15, 0.2) is 5.65 Å². The molecule has 0 bridgehead atoms. The van der Waals surface area contributed by atoms with Crippen LogP contribution in [0, 0.1) is 11.8 Å². The minimum absolute atomic E-state index is 0.116. The molecule has 2 heterocycles. The fraction of sp³-hybridized carbons (Fsp3) is 0.545. The van der Waals surface area contributed by atoms with Gasteiger partial charge in [-0.05, 0) is 17.6 Å². The van der Waals surface area contributed by atoms with Crippen molar-refractivity contribution >= 4 is 18.3 Å². The van der Waals surface area contributed by atoms with Crippen molar-refractivity contribution in [3.8, 4) is 0 Å². The largest absolute Gasteiger partial charge is 0.350 e. The Balaban J connectivity index is 2.36. The summed E-state index contributed by atoms with van der Waals surface area (Å²) in [5, 5.41) is 4.25. The Bertz CT molecular complexity index is 560. The van der Waals surface area contributed by atoms with Crippen molar-refractivity contribution < 1.29 is 0 Å². The second-order valence-electron chi connectivity index (χ2n) is 4.46. The lowest BCUT2D eigenvalue weighted by molar-refractivity contribution is 0.350. The van der Waals surface area contributed by atoms with E-state index in [4.69, 9.17) is 0 Å². The lowest BCUT2D eigenvalue weighted by atomic mass is 9.98. The SMILES string of the molecule is CC(C)C(CS)Cn1nc2cnccn2c1=O. The van der Waals surface area contributed by atoms with Crippen LogP contribution < -0.4 is 5.69 Å². The van der Waals surface area contributed by atoms with Crippen LogP contribution >= 0.6 is 12.6 Å². The molecule has 0 aliphatic rings. The summed E-state index contributed by atoms with van der Waals surface area (Å²) < 4.78 is 3.00. The molecular formula is C11H16N4OS. The van der Waals surface area contributed by atoms with Crippen molar-refractivity contribution in [2.75, 3.05) is 5.75 Å². The molecule has 0 saturated carbocycles. The quantitative estimate of drug-likeness (QED) is 0.829. The summed E-state index contributed by atoms with van der Waals surface area (Å²) in [6.45, 7) is 4.86. The van der Waals surface area contributed by atoms with Gasteiger partial charge in [0.05, 0.1) is 12.7 Å². The van der Waals surface area contributed by atoms with Crippen LogP contribution in [-0.4, -0.2) is 24.9 Å². The highest BCUT2D eigenvalue weighted by molar-refractivity contribution is 7.80. The standard InChI is InChI=1S/C11H16N4OS/c1-8(2)9(7-17)6-15-11(16)14-4-3-12-5-10(14)13-15/h3-5,8-9,17H,6-7H2,1-2H3. The molecule has 0 amide bonds. The highest BCUT2D eigenvalue weighted by atomic mass is 32.1. The first kappa shape index (κ1) is 12.2. The van der Waals surface area contributed by atoms with Gasteiger partial charge >= 0.3 is 5.69 Å². The van der Waals surface area contributed by atoms with E-state index >= 15 is 0 Å². The van der Waals surface area contributed by atoms with E-state index in [1.54, 1.807) is 18.6 Å². The average molecular weight is 252 g/mol. The first-order valence-corrected chi connectivity index (χ1v) is 6.26. The number of thiol groups is 1. The van der Waals surface area contributed by atoms with E-state index in [2.05, 4.69) is 36.6 Å². The number of rotatable bonds is 4. The lowest BCUT2D eigenvalue weighted by Gasteiger charge is -2.17. The molecule has 1 unspecified atom stereocenters. The van der Waals surface area contributed by atoms with Crippen LogP contribution in [0.25, 0.3) is 5.65 Å². The Hall–Kier alpha value is -1.30. The van der Waals surface area contributed by atoms with E-state index in [-0.39, 0.29) is 5.69 Å². The van der Waals surface area contributed by atoms with Crippen LogP contribution in [0.1, 0.15) is 13.8 Å². The van der Waals surface area contributed by atoms with Crippen LogP contribution in [0.3, 0.4) is 0 Å². The molecular weight excluding hydrogens is 236 g/mol. The van der Waals surface area contributed by atoms with Gasteiger partial charge in [0.2, 0.25) is 0 Å². The maximum Gasteiger partial charge on any atom is 0.350 e. The van der Waals surface area contributed by atoms with Crippen molar-refractivity contribution in [3.63, 3.8) is 0 Å². The summed E-state index contributed by atoms with van der Waals surface area (Å²) in [7, 11) is 0. The first-order chi connectivity index (χ1) is 8.13. The van der Waals surface area contributed by atoms with Crippen molar-refractivity contribution in [3.05, 3.63) is 29.1 Å². The summed E-state index contributed by atoms with van der Waals surface area (Å²) in [4.78, 5) is 16.0. The third kappa shape index (κ3) is 2.36. The molecule has 0 spiro atoms. The summed E-state index contributed by atoms with van der Waals surface area (Å²) in [5.74, 6) is 1.56. The highest BCUT2D eigenvalue weighted by Crippen LogP contribution is 2.13. The third-order valence-corrected chi connectivity index (χ3v) is 3.44. The molecule has 2 rings (SSSR count). The molecule has 0 radical (unpaired) electrons. The van der Waals surface area contributed by atoms with Crippen molar-refractivity contribution in [1.29, 1.82) is 0 Å². The van der Waals surface area contributed by atoms with Crippen LogP contribution in [0.5, 0.6) is 0 Å². The molecule has 0 saturated heterocycles. The Morgan fingerprint density at radius 2 is 2.24 bits per heavy atom. The van der Waals surface area contributed by atoms with Crippen LogP contribution in [0.4, 0.5) is 0 Å². The topological polar surface area (TPSA) is 52.2 Å². The normalized spacial score (nSPS) is 13.4. The minimum atomic E-state index is -0.116. The van der Waals surface area contributed by atoms with Crippen LogP contribution in [0.2, 0.25) is 0 Å². The van der Waals surface area contributed by atoms with E-state index in [0.29, 0.717) is 24.0 Å². The maximum atomic E-state index is 12.0. The molecule has 0 aliphatic heterocycles. The van der Waals surface area contributed by atoms with Gasteiger partial charge < -0.3 is 0 Å². The monoisotopic (exact) mass is 252 g/mol. The number of hydrogen-bond donors (Lipinski definition) is 1. The van der Waals surface area contributed by atoms with Gasteiger partial charge in [-0.1, -0.05) is 13.8 Å². The van der Waals surface area contributed by atoms with Crippen molar-refractivity contribution in [2.45, 2.75) is 20.4 Å². The van der Waals surface area contributed by atoms with E-state index in [0.717, 1.165) is 5.75 Å². The fourth-order valence-electron chi connectivity index (χ4n) is 1.70. The molecule has 0 aliphatic carbocycles. The second-order valence-corrected chi connectivity index (χ2v) is 4.82. The molecule has 2 aromatic heterocycles. The average Bonchev–Trinajstić information content (AvgIpc) is 2.63. The molecule has 0 fully saturated rings. The number of nitrogens with zero attached hydrogens (tertiary/aromatic N) is 4. The number of hydrogen-bond acceptors (Lipinski definition) is 4. The number of fused-ring (bicyclic) bond motifs is 1. The molecule has 6 heteroatoms. The molecule has 1 atom stereocenters. The highest BCUT2D eigenvalue weighted by Gasteiger charge is 2.15. The number of aromatic nitrogens is 4. The van der Waals surface area contributed by atoms with Crippen molar-refractivity contribution in [2.24, 2.45) is 11.8 Å². The maximum absolute atomic E-state index is 12.0. The molecule has 0 N–H and O–H groups in total.